The van der Waals surface area contributed by atoms with Crippen LogP contribution in [0.1, 0.15) is 54.9 Å². The van der Waals surface area contributed by atoms with Crippen molar-refractivity contribution in [2.45, 2.75) is 55.8 Å². The lowest BCUT2D eigenvalue weighted by atomic mass is 9.50. The van der Waals surface area contributed by atoms with Crippen LogP contribution in [0.15, 0.2) is 18.2 Å². The van der Waals surface area contributed by atoms with Gasteiger partial charge in [-0.15, -0.1) is 0 Å². The lowest BCUT2D eigenvalue weighted by Crippen LogP contribution is -2.68. The highest BCUT2D eigenvalue weighted by Crippen LogP contribution is 2.57. The molecule has 1 atom stereocenters. The number of nitrogens with one attached hydrogen (secondary N) is 2. The second-order valence-electron chi connectivity index (χ2n) is 8.31. The maximum Gasteiger partial charge on any atom is 0.283 e. The average molecular weight is 386 g/mol. The van der Waals surface area contributed by atoms with Crippen molar-refractivity contribution >= 4 is 20.8 Å². The van der Waals surface area contributed by atoms with Gasteiger partial charge < -0.3 is 5.32 Å². The van der Waals surface area contributed by atoms with E-state index < -0.39 is 22.0 Å². The number of alkyl halides is 2. The van der Waals surface area contributed by atoms with Crippen LogP contribution in [0.4, 0.5) is 14.5 Å². The Hall–Kier alpha value is -1.34. The minimum atomic E-state index is -3.19. The molecule has 0 saturated heterocycles. The van der Waals surface area contributed by atoms with E-state index in [1.807, 2.05) is 0 Å². The number of halogens is 2. The second kappa shape index (κ2) is 5.35. The van der Waals surface area contributed by atoms with Crippen molar-refractivity contribution in [3.63, 3.8) is 0 Å². The van der Waals surface area contributed by atoms with E-state index in [1.165, 1.54) is 21.4 Å². The first kappa shape index (κ1) is 18.0. The van der Waals surface area contributed by atoms with Crippen LogP contribution in [0.5, 0.6) is 0 Å². The fourth-order valence-electron chi connectivity index (χ4n) is 3.78. The second-order valence-corrected chi connectivity index (χ2v) is 9.03. The summed E-state index contributed by atoms with van der Waals surface area (Å²) < 4.78 is 27.4. The Bertz CT molecular complexity index is 760. The summed E-state index contributed by atoms with van der Waals surface area (Å²) in [7, 11) is 1.44. The van der Waals surface area contributed by atoms with Crippen LogP contribution in [-0.2, 0) is 5.66 Å². The monoisotopic (exact) mass is 386 g/mol. The van der Waals surface area contributed by atoms with Gasteiger partial charge in [0.1, 0.15) is 5.69 Å². The highest BCUT2D eigenvalue weighted by molar-refractivity contribution is 7.17. The Morgan fingerprint density at radius 3 is 2.38 bits per heavy atom. The van der Waals surface area contributed by atoms with Crippen molar-refractivity contribution in [3.05, 3.63) is 29.3 Å². The number of rotatable bonds is 6. The molecular weight excluding hydrogens is 363 g/mol. The number of nitrogens with zero attached hydrogens (tertiary/aromatic N) is 1. The number of quaternary nitrogens is 1. The van der Waals surface area contributed by atoms with E-state index in [-0.39, 0.29) is 22.4 Å². The number of hydrogen-bond acceptors (Lipinski definition) is 4. The van der Waals surface area contributed by atoms with Crippen molar-refractivity contribution < 1.29 is 28.9 Å². The van der Waals surface area contributed by atoms with Crippen molar-refractivity contribution in [1.82, 2.24) is 5.32 Å². The summed E-state index contributed by atoms with van der Waals surface area (Å²) >= 11 is 0. The molecule has 142 valence electrons. The number of anilines is 1. The molecule has 9 heteroatoms. The fourth-order valence-corrected chi connectivity index (χ4v) is 3.96. The third-order valence-electron chi connectivity index (χ3n) is 6.07. The van der Waals surface area contributed by atoms with E-state index >= 15 is 0 Å². The molecule has 0 aliphatic heterocycles. The van der Waals surface area contributed by atoms with Crippen molar-refractivity contribution in [1.29, 1.82) is 0 Å². The molecule has 0 heterocycles. The molecule has 4 fully saturated rings. The fraction of sp³-hybridized carbons (Fsp3) is 0.588. The standard InChI is InChI=1S/C17H22F2N3O3P/c1-15(4-5-15)22(24,25)21-13-6-11(17(18,19)26)2-3-12(13)14(23)20-16-7-10(8-16)9-16/h2-3,6,10,24-25H,4-5,7-9,26H2,1H3,(H-,20,21,23)/p+1. The van der Waals surface area contributed by atoms with Crippen molar-refractivity contribution in [3.8, 4) is 0 Å². The summed E-state index contributed by atoms with van der Waals surface area (Å²) in [5, 5.41) is 23.6. The van der Waals surface area contributed by atoms with Crippen molar-refractivity contribution in [2.75, 3.05) is 5.43 Å². The van der Waals surface area contributed by atoms with Gasteiger partial charge in [0, 0.05) is 23.9 Å². The normalized spacial score (nSPS) is 28.6. The third kappa shape index (κ3) is 2.89. The quantitative estimate of drug-likeness (QED) is 0.343. The lowest BCUT2D eigenvalue weighted by Gasteiger charge is -2.61. The third-order valence-corrected chi connectivity index (χ3v) is 6.40. The van der Waals surface area contributed by atoms with Crippen LogP contribution in [0.2, 0.25) is 0 Å². The number of hydroxylamine groups is 2. The van der Waals surface area contributed by atoms with Gasteiger partial charge in [-0.3, -0.25) is 4.79 Å². The van der Waals surface area contributed by atoms with E-state index in [9.17, 15) is 24.0 Å². The predicted octanol–water partition coefficient (Wildman–Crippen LogP) is 3.37. The van der Waals surface area contributed by atoms with E-state index in [4.69, 9.17) is 0 Å². The molecule has 1 unspecified atom stereocenters. The molecule has 4 N–H and O–H groups in total. The van der Waals surface area contributed by atoms with E-state index in [0.29, 0.717) is 18.8 Å². The van der Waals surface area contributed by atoms with Gasteiger partial charge in [-0.2, -0.15) is 24.6 Å². The summed E-state index contributed by atoms with van der Waals surface area (Å²) in [4.78, 5) is 11.1. The van der Waals surface area contributed by atoms with E-state index in [0.717, 1.165) is 25.3 Å². The van der Waals surface area contributed by atoms with Gasteiger partial charge in [0.15, 0.2) is 5.54 Å². The summed E-state index contributed by atoms with van der Waals surface area (Å²) in [5.41, 5.74) is -1.99. The highest BCUT2D eigenvalue weighted by atomic mass is 31.0. The number of hydrogen-bond donors (Lipinski definition) is 4. The van der Waals surface area contributed by atoms with Gasteiger partial charge in [0.05, 0.1) is 10.5 Å². The molecular formula is C17H23F2N3O3P+. The molecule has 4 aliphatic carbocycles. The molecule has 4 saturated carbocycles. The molecule has 1 amide bonds. The first-order chi connectivity index (χ1) is 11.9. The zero-order valence-electron chi connectivity index (χ0n) is 14.4. The van der Waals surface area contributed by atoms with Gasteiger partial charge >= 0.3 is 0 Å². The largest absolute Gasteiger partial charge is 0.347 e. The predicted molar refractivity (Wildman–Crippen MR) is 92.7 cm³/mol. The smallest absolute Gasteiger partial charge is 0.283 e. The molecule has 0 aromatic heterocycles. The molecule has 0 radical (unpaired) electrons. The van der Waals surface area contributed by atoms with Crippen LogP contribution >= 0.6 is 9.24 Å². The molecule has 1 aromatic rings. The zero-order chi connectivity index (χ0) is 19.0. The molecule has 1 aromatic carbocycles. The van der Waals surface area contributed by atoms with Crippen LogP contribution in [0, 0.1) is 5.92 Å². The van der Waals surface area contributed by atoms with E-state index in [1.54, 1.807) is 6.92 Å². The number of benzene rings is 1. The average Bonchev–Trinajstić information content (AvgIpc) is 3.19. The van der Waals surface area contributed by atoms with Crippen LogP contribution < -0.4 is 10.7 Å². The highest BCUT2D eigenvalue weighted by Gasteiger charge is 2.60. The van der Waals surface area contributed by atoms with Gasteiger partial charge in [-0.25, -0.2) is 0 Å². The van der Waals surface area contributed by atoms with Gasteiger partial charge in [0.2, 0.25) is 0 Å². The Morgan fingerprint density at radius 1 is 1.31 bits per heavy atom. The minimum absolute atomic E-state index is 0.0353. The first-order valence-electron chi connectivity index (χ1n) is 8.70. The molecule has 5 rings (SSSR count). The Kier molecular flexibility index (Phi) is 3.71. The molecule has 6 nitrogen and oxygen atoms in total. The summed E-state index contributed by atoms with van der Waals surface area (Å²) in [6, 6.07) is 3.57. The maximum absolute atomic E-state index is 13.7. The Morgan fingerprint density at radius 2 is 1.92 bits per heavy atom. The number of carbonyl (C=O) groups is 1. The summed E-state index contributed by atoms with van der Waals surface area (Å²) in [5.74, 6) is 0.283. The van der Waals surface area contributed by atoms with Crippen LogP contribution in [-0.4, -0.2) is 32.3 Å². The molecule has 0 spiro atoms. The van der Waals surface area contributed by atoms with Crippen LogP contribution in [0.25, 0.3) is 0 Å². The van der Waals surface area contributed by atoms with Crippen LogP contribution in [0.3, 0.4) is 0 Å². The summed E-state index contributed by atoms with van der Waals surface area (Å²) in [6.45, 7) is 1.66. The Balaban J connectivity index is 1.64. The lowest BCUT2D eigenvalue weighted by molar-refractivity contribution is -1.25. The van der Waals surface area contributed by atoms with Gasteiger partial charge in [-0.05, 0) is 44.2 Å². The SMILES string of the molecule is CC1([N+](O)(O)Nc2cc(C(F)(F)P)ccc2C(=O)NC23CC(C2)C3)CC1. The number of amides is 1. The topological polar surface area (TPSA) is 81.6 Å². The molecule has 2 bridgehead atoms. The first-order valence-corrected chi connectivity index (χ1v) is 9.28. The zero-order valence-corrected chi connectivity index (χ0v) is 15.6. The molecule has 4 aliphatic rings. The van der Waals surface area contributed by atoms with Gasteiger partial charge in [-0.1, -0.05) is 15.3 Å². The maximum atomic E-state index is 13.7. The minimum Gasteiger partial charge on any atom is -0.347 e. The van der Waals surface area contributed by atoms with E-state index in [2.05, 4.69) is 10.7 Å². The van der Waals surface area contributed by atoms with Gasteiger partial charge in [0.25, 0.3) is 11.6 Å². The number of carbonyl (C=O) groups excluding carboxylic acids is 1. The van der Waals surface area contributed by atoms with Crippen molar-refractivity contribution in [2.24, 2.45) is 5.92 Å². The Labute approximate surface area is 152 Å². The molecule has 26 heavy (non-hydrogen) atoms. The summed E-state index contributed by atoms with van der Waals surface area (Å²) in [6.07, 6.45) is 3.97.